The lowest BCUT2D eigenvalue weighted by Gasteiger charge is -2.39. The molecule has 4 rings (SSSR count). The number of rotatable bonds is 5. The quantitative estimate of drug-likeness (QED) is 0.757. The highest BCUT2D eigenvalue weighted by Gasteiger charge is 2.40. The third kappa shape index (κ3) is 4.94. The molecule has 7 nitrogen and oxygen atoms in total. The van der Waals surface area contributed by atoms with Gasteiger partial charge in [-0.2, -0.15) is 0 Å². The fourth-order valence-corrected chi connectivity index (χ4v) is 4.88. The highest BCUT2D eigenvalue weighted by Crippen LogP contribution is 2.40. The monoisotopic (exact) mass is 449 g/mol. The minimum atomic E-state index is -0.332. The van der Waals surface area contributed by atoms with E-state index in [1.807, 2.05) is 34.2 Å². The summed E-state index contributed by atoms with van der Waals surface area (Å²) >= 11 is 0. The number of anilines is 1. The summed E-state index contributed by atoms with van der Waals surface area (Å²) in [6.07, 6.45) is 2.66. The number of carbonyl (C=O) groups is 2. The third-order valence-corrected chi connectivity index (χ3v) is 6.71. The molecule has 3 heterocycles. The molecule has 0 spiro atoms. The van der Waals surface area contributed by atoms with Gasteiger partial charge in [-0.05, 0) is 18.6 Å². The van der Waals surface area contributed by atoms with Crippen LogP contribution in [-0.2, 0) is 21.4 Å². The van der Waals surface area contributed by atoms with Gasteiger partial charge in [0.1, 0.15) is 6.04 Å². The molecule has 1 N–H and O–H groups in total. The van der Waals surface area contributed by atoms with E-state index in [0.29, 0.717) is 19.6 Å². The molecule has 0 bridgehead atoms. The molecular formula is C26H35N5O2. The number of carbonyl (C=O) groups excluding carboxylic acids is 2. The maximum atomic E-state index is 13.6. The van der Waals surface area contributed by atoms with Crippen molar-refractivity contribution in [3.8, 4) is 0 Å². The number of piperazine rings is 1. The minimum Gasteiger partial charge on any atom is -0.347 e. The highest BCUT2D eigenvalue weighted by atomic mass is 16.2. The molecule has 2 aliphatic heterocycles. The molecule has 0 saturated carbocycles. The molecule has 0 radical (unpaired) electrons. The minimum absolute atomic E-state index is 0.0266. The van der Waals surface area contributed by atoms with E-state index in [4.69, 9.17) is 4.98 Å². The van der Waals surface area contributed by atoms with E-state index in [-0.39, 0.29) is 35.9 Å². The van der Waals surface area contributed by atoms with Crippen molar-refractivity contribution < 1.29 is 9.59 Å². The predicted molar refractivity (Wildman–Crippen MR) is 130 cm³/mol. The average molecular weight is 450 g/mol. The Bertz CT molecular complexity index is 1020. The smallest absolute Gasteiger partial charge is 0.241 e. The first-order valence-electron chi connectivity index (χ1n) is 11.7. The second-order valence-corrected chi connectivity index (χ2v) is 10.2. The van der Waals surface area contributed by atoms with E-state index in [2.05, 4.69) is 44.3 Å². The van der Waals surface area contributed by atoms with Crippen LogP contribution in [0.25, 0.3) is 0 Å². The summed E-state index contributed by atoms with van der Waals surface area (Å²) in [4.78, 5) is 36.6. The van der Waals surface area contributed by atoms with Crippen LogP contribution in [-0.4, -0.2) is 79.0 Å². The lowest BCUT2D eigenvalue weighted by molar-refractivity contribution is -0.136. The molecule has 1 aromatic heterocycles. The Morgan fingerprint density at radius 1 is 1.21 bits per heavy atom. The zero-order chi connectivity index (χ0) is 23.8. The molecule has 2 atom stereocenters. The summed E-state index contributed by atoms with van der Waals surface area (Å²) in [5.74, 6) is 0.0584. The Labute approximate surface area is 196 Å². The van der Waals surface area contributed by atoms with E-state index in [0.717, 1.165) is 23.4 Å². The van der Waals surface area contributed by atoms with Crippen LogP contribution in [0.4, 0.5) is 5.69 Å². The summed E-state index contributed by atoms with van der Waals surface area (Å²) < 4.78 is 0. The number of nitrogens with one attached hydrogen (secondary N) is 1. The van der Waals surface area contributed by atoms with Crippen molar-refractivity contribution in [2.75, 3.05) is 45.2 Å². The molecule has 0 unspecified atom stereocenters. The van der Waals surface area contributed by atoms with Crippen molar-refractivity contribution in [2.45, 2.75) is 44.7 Å². The van der Waals surface area contributed by atoms with E-state index >= 15 is 0 Å². The standard InChI is InChI=1S/C26H35N5O2/c1-18-15-30(23(14-27-18)25(33)29(4)5)16-24(32)31-17-26(2,3)21-13-28-20(12-22(21)31)11-19-9-7-6-8-10-19/h6-10,12-13,18,23,27H,11,14-17H2,1-5H3/t18-,23-/m1/s1. The molecule has 2 amide bonds. The highest BCUT2D eigenvalue weighted by molar-refractivity contribution is 5.98. The maximum Gasteiger partial charge on any atom is 0.241 e. The lowest BCUT2D eigenvalue weighted by atomic mass is 9.88. The molecule has 1 fully saturated rings. The van der Waals surface area contributed by atoms with Crippen molar-refractivity contribution in [3.05, 3.63) is 59.4 Å². The second kappa shape index (κ2) is 9.23. The van der Waals surface area contributed by atoms with Crippen LogP contribution in [0.3, 0.4) is 0 Å². The van der Waals surface area contributed by atoms with Crippen molar-refractivity contribution in [1.29, 1.82) is 0 Å². The number of hydrogen-bond acceptors (Lipinski definition) is 5. The molecule has 2 aliphatic rings. The van der Waals surface area contributed by atoms with E-state index in [1.54, 1.807) is 19.0 Å². The zero-order valence-electron chi connectivity index (χ0n) is 20.3. The molecule has 1 saturated heterocycles. The van der Waals surface area contributed by atoms with Crippen molar-refractivity contribution in [3.63, 3.8) is 0 Å². The Kier molecular flexibility index (Phi) is 6.54. The van der Waals surface area contributed by atoms with Gasteiger partial charge in [-0.25, -0.2) is 0 Å². The molecule has 1 aromatic carbocycles. The third-order valence-electron chi connectivity index (χ3n) is 6.71. The zero-order valence-corrected chi connectivity index (χ0v) is 20.3. The fraction of sp³-hybridized carbons (Fsp3) is 0.500. The number of aromatic nitrogens is 1. The predicted octanol–water partition coefficient (Wildman–Crippen LogP) is 2.05. The van der Waals surface area contributed by atoms with E-state index in [9.17, 15) is 9.59 Å². The van der Waals surface area contributed by atoms with Crippen LogP contribution < -0.4 is 10.2 Å². The first-order valence-corrected chi connectivity index (χ1v) is 11.7. The SMILES string of the molecule is C[C@@H]1CN(CC(=O)N2CC(C)(C)c3cnc(Cc4ccccc4)cc32)[C@@H](C(=O)N(C)C)CN1. The maximum absolute atomic E-state index is 13.6. The van der Waals surface area contributed by atoms with Gasteiger partial charge in [0.25, 0.3) is 0 Å². The Balaban J connectivity index is 1.57. The second-order valence-electron chi connectivity index (χ2n) is 10.2. The van der Waals surface area contributed by atoms with Crippen LogP contribution in [0.1, 0.15) is 37.6 Å². The molecule has 2 aromatic rings. The van der Waals surface area contributed by atoms with Crippen molar-refractivity contribution in [2.24, 2.45) is 0 Å². The van der Waals surface area contributed by atoms with Crippen molar-refractivity contribution >= 4 is 17.5 Å². The summed E-state index contributed by atoms with van der Waals surface area (Å²) in [6.45, 7) is 8.46. The number of pyridine rings is 1. The van der Waals surface area contributed by atoms with Crippen LogP contribution >= 0.6 is 0 Å². The van der Waals surface area contributed by atoms with Gasteiger partial charge in [-0.1, -0.05) is 44.2 Å². The summed E-state index contributed by atoms with van der Waals surface area (Å²) in [5.41, 5.74) is 4.03. The number of likely N-dealkylation sites (N-methyl/N-ethyl adjacent to an activating group) is 1. The molecule has 176 valence electrons. The normalized spacial score (nSPS) is 22.2. The van der Waals surface area contributed by atoms with Crippen LogP contribution in [0.15, 0.2) is 42.6 Å². The first kappa shape index (κ1) is 23.4. The topological polar surface area (TPSA) is 68.8 Å². The molecule has 0 aliphatic carbocycles. The number of benzene rings is 1. The van der Waals surface area contributed by atoms with Crippen LogP contribution in [0.2, 0.25) is 0 Å². The van der Waals surface area contributed by atoms with E-state index in [1.165, 1.54) is 5.56 Å². The van der Waals surface area contributed by atoms with Gasteiger partial charge >= 0.3 is 0 Å². The first-order chi connectivity index (χ1) is 15.7. The summed E-state index contributed by atoms with van der Waals surface area (Å²) in [7, 11) is 3.53. The van der Waals surface area contributed by atoms with Crippen molar-refractivity contribution in [1.82, 2.24) is 20.1 Å². The number of amides is 2. The average Bonchev–Trinajstić information content (AvgIpc) is 3.04. The van der Waals surface area contributed by atoms with Gasteiger partial charge in [0, 0.05) is 69.1 Å². The van der Waals surface area contributed by atoms with Gasteiger partial charge in [-0.15, -0.1) is 0 Å². The fourth-order valence-electron chi connectivity index (χ4n) is 4.88. The van der Waals surface area contributed by atoms with Gasteiger partial charge in [-0.3, -0.25) is 19.5 Å². The Morgan fingerprint density at radius 2 is 1.94 bits per heavy atom. The Morgan fingerprint density at radius 3 is 2.64 bits per heavy atom. The lowest BCUT2D eigenvalue weighted by Crippen LogP contribution is -2.62. The van der Waals surface area contributed by atoms with Gasteiger partial charge < -0.3 is 15.1 Å². The van der Waals surface area contributed by atoms with Crippen LogP contribution in [0.5, 0.6) is 0 Å². The number of fused-ring (bicyclic) bond motifs is 1. The molecular weight excluding hydrogens is 414 g/mol. The van der Waals surface area contributed by atoms with Crippen LogP contribution in [0, 0.1) is 0 Å². The Hall–Kier alpha value is -2.77. The molecule has 33 heavy (non-hydrogen) atoms. The van der Waals surface area contributed by atoms with E-state index < -0.39 is 0 Å². The summed E-state index contributed by atoms with van der Waals surface area (Å²) in [5, 5.41) is 3.38. The number of hydrogen-bond donors (Lipinski definition) is 1. The number of nitrogens with zero attached hydrogens (tertiary/aromatic N) is 4. The molecule has 7 heteroatoms. The van der Waals surface area contributed by atoms with Gasteiger partial charge in [0.2, 0.25) is 11.8 Å². The largest absolute Gasteiger partial charge is 0.347 e. The van der Waals surface area contributed by atoms with Gasteiger partial charge in [0.05, 0.1) is 12.2 Å². The summed E-state index contributed by atoms with van der Waals surface area (Å²) in [6, 6.07) is 12.2. The van der Waals surface area contributed by atoms with Gasteiger partial charge in [0.15, 0.2) is 0 Å².